The number of rotatable bonds is 20. The monoisotopic (exact) mass is 1980 g/mol. The number of nitrogens with zero attached hydrogens (tertiary/aromatic N) is 4. The largest absolute Gasteiger partial charge is 0.506 e. The van der Waals surface area contributed by atoms with Crippen molar-refractivity contribution in [2.24, 2.45) is 0 Å². The zero-order valence-electron chi connectivity index (χ0n) is 79.4. The highest BCUT2D eigenvalue weighted by Crippen LogP contribution is 2.40. The van der Waals surface area contributed by atoms with Gasteiger partial charge >= 0.3 is 18.4 Å². The molecule has 15 aromatic carbocycles. The van der Waals surface area contributed by atoms with Gasteiger partial charge in [-0.2, -0.15) is 31.3 Å². The molecule has 0 saturated carbocycles. The molecular weight excluding hydrogens is 1890 g/mol. The maximum atomic E-state index is 12.9. The van der Waals surface area contributed by atoms with E-state index < -0.39 is 35.3 Å². The molecule has 4 heterocycles. The Bertz CT molecular complexity index is 8110. The van der Waals surface area contributed by atoms with E-state index in [1.807, 2.05) is 155 Å². The fourth-order valence-electron chi connectivity index (χ4n) is 15.8. The van der Waals surface area contributed by atoms with Gasteiger partial charge in [-0.15, -0.1) is 0 Å². The van der Waals surface area contributed by atoms with Crippen LogP contribution in [0.15, 0.2) is 357 Å². The average Bonchev–Trinajstić information content (AvgIpc) is 1.16. The van der Waals surface area contributed by atoms with Gasteiger partial charge in [0.25, 0.3) is 29.6 Å². The average molecular weight is 1980 g/mol. The molecule has 0 saturated heterocycles. The Morgan fingerprint density at radius 3 is 1.18 bits per heavy atom. The highest BCUT2D eigenvalue weighted by molar-refractivity contribution is 6.30. The number of carbonyl (C=O) groups excluding carboxylic acids is 6. The zero-order valence-corrected chi connectivity index (χ0v) is 80.1. The van der Waals surface area contributed by atoms with E-state index >= 15 is 0 Å². The number of anilines is 7. The standard InChI is InChI=1S/C24H20ClN3O.C24H20N2O3.C24H20N2O2.C22H16F3N3O2.C22H17F3N2O3/c1-16-2-9-22(28-24(29)27-14-17-3-7-21(25)8-4-17)13-23(16)19-6-5-18-10-11-26-15-20(18)12-19;1-15-3-7-20(26-24(28)18-6-8-22(27)23(12-18)29-2)13-21(15)17-5-4-16-9-10-25-14-19(16)11-17;1-16-3-8-21(26-24(27)18-6-9-22(28-2)10-7-18)14-23(16)19-5-4-17-11-12-25-15-20(17)13-19;1-12-5-7-16(27-20(29)14-3-2-4-15(9-14)22(23,24)25)11-17(12)13-6-8-19-18(10-13)28-21(26)30-19;1-13-5-7-17(11-18(13)14-6-8-20(29)19(10-14)26-12-28)27-21(30)15-3-2-4-16(9-15)22(23,24)25/h2-13,15H,14H2,1H3,(H2,27,28,29);3-14,27H,1-2H3,(H,26,28);3-15H,1-2H3,(H,26,27);2-11H,1H3,(H2,26,28)(H,27,29);2-12,29H,1H3,(H,26,28)(H,27,30). The van der Waals surface area contributed by atoms with E-state index in [1.165, 1.54) is 49.6 Å². The lowest BCUT2D eigenvalue weighted by Crippen LogP contribution is -2.28. The minimum Gasteiger partial charge on any atom is -0.506 e. The molecule has 7 amide bonds. The summed E-state index contributed by atoms with van der Waals surface area (Å²) in [4.78, 5) is 89.9. The molecule has 0 radical (unpaired) electrons. The summed E-state index contributed by atoms with van der Waals surface area (Å²) in [5, 5.41) is 46.2. The number of aromatic nitrogens is 4. The van der Waals surface area contributed by atoms with Gasteiger partial charge in [0.2, 0.25) is 6.41 Å². The third-order valence-electron chi connectivity index (χ3n) is 23.6. The van der Waals surface area contributed by atoms with Gasteiger partial charge in [-0.25, -0.2) is 4.79 Å². The second kappa shape index (κ2) is 45.8. The third-order valence-corrected chi connectivity index (χ3v) is 23.9. The molecule has 732 valence electrons. The van der Waals surface area contributed by atoms with Crippen LogP contribution in [0.4, 0.5) is 71.3 Å². The Hall–Kier alpha value is -18.5. The highest BCUT2D eigenvalue weighted by atomic mass is 35.5. The number of ether oxygens (including phenoxy) is 2. The summed E-state index contributed by atoms with van der Waals surface area (Å²) in [7, 11) is 3.05. The SMILES string of the molecule is COc1cc(C(=O)Nc2ccc(C)c(-c3ccc4ccncc4c3)c2)ccc1O.COc1ccc(C(=O)Nc2ccc(C)c(-c3ccc4ccncc4c3)c2)cc1.Cc1ccc(NC(=O)NCc2ccc(Cl)cc2)cc1-c1ccc2ccncc2c1.Cc1ccc(NC(=O)c2cccc(C(F)(F)F)c2)cc1-c1ccc(O)c(NC=O)c1.Cc1ccc(NC(=O)c2cccc(C(F)(F)F)c2)cc1-c1ccc2oc(N)nc2c1. The summed E-state index contributed by atoms with van der Waals surface area (Å²) in [5.41, 5.74) is 24.7. The van der Waals surface area contributed by atoms with Crippen molar-refractivity contribution >= 4 is 131 Å². The smallest absolute Gasteiger partial charge is 0.416 e. The number of carbonyl (C=O) groups is 6. The number of hydrogen-bond donors (Lipinski definition) is 10. The number of aryl methyl sites for hydroxylation is 5. The van der Waals surface area contributed by atoms with E-state index in [9.17, 15) is 65.3 Å². The molecule has 0 fully saturated rings. The van der Waals surface area contributed by atoms with Crippen LogP contribution in [0.3, 0.4) is 0 Å². The number of alkyl halides is 6. The van der Waals surface area contributed by atoms with Crippen LogP contribution in [0.25, 0.3) is 99.1 Å². The molecule has 11 N–H and O–H groups in total. The van der Waals surface area contributed by atoms with E-state index in [2.05, 4.69) is 126 Å². The van der Waals surface area contributed by atoms with Crippen molar-refractivity contribution in [3.63, 3.8) is 0 Å². The van der Waals surface area contributed by atoms with E-state index in [-0.39, 0.29) is 57.9 Å². The normalized spacial score (nSPS) is 10.9. The van der Waals surface area contributed by atoms with Crippen molar-refractivity contribution in [2.45, 2.75) is 53.5 Å². The van der Waals surface area contributed by atoms with E-state index in [1.54, 1.807) is 105 Å². The first kappa shape index (κ1) is 102. The number of amides is 7. The van der Waals surface area contributed by atoms with Gasteiger partial charge < -0.3 is 67.1 Å². The molecule has 19 rings (SSSR count). The molecule has 23 nitrogen and oxygen atoms in total. The zero-order chi connectivity index (χ0) is 103. The maximum Gasteiger partial charge on any atom is 0.416 e. The van der Waals surface area contributed by atoms with Crippen molar-refractivity contribution < 1.29 is 79.2 Å². The number of aromatic hydroxyl groups is 2. The van der Waals surface area contributed by atoms with Gasteiger partial charge in [0.15, 0.2) is 17.1 Å². The predicted octanol–water partition coefficient (Wildman–Crippen LogP) is 27.7. The Labute approximate surface area is 839 Å². The molecule has 0 bridgehead atoms. The number of phenols is 2. The van der Waals surface area contributed by atoms with E-state index in [4.69, 9.17) is 31.2 Å². The number of nitrogens with two attached hydrogens (primary N) is 1. The molecule has 19 aromatic rings. The molecule has 30 heteroatoms. The van der Waals surface area contributed by atoms with Crippen LogP contribution in [0, 0.1) is 34.6 Å². The van der Waals surface area contributed by atoms with Crippen LogP contribution < -0.4 is 52.4 Å². The Kier molecular flexibility index (Phi) is 32.0. The summed E-state index contributed by atoms with van der Waals surface area (Å²) >= 11 is 5.89. The second-order valence-electron chi connectivity index (χ2n) is 33.7. The Balaban J connectivity index is 0.000000137. The quantitative estimate of drug-likeness (QED) is 0.0193. The van der Waals surface area contributed by atoms with Crippen molar-refractivity contribution in [1.29, 1.82) is 0 Å². The molecule has 146 heavy (non-hydrogen) atoms. The number of benzene rings is 15. The topological polar surface area (TPSA) is 336 Å². The van der Waals surface area contributed by atoms with Gasteiger partial charge in [-0.1, -0.05) is 115 Å². The Morgan fingerprint density at radius 2 is 0.767 bits per heavy atom. The molecule has 0 aliphatic heterocycles. The third kappa shape index (κ3) is 26.0. The highest BCUT2D eigenvalue weighted by Gasteiger charge is 2.33. The van der Waals surface area contributed by atoms with Crippen molar-refractivity contribution in [1.82, 2.24) is 25.3 Å². The Morgan fingerprint density at radius 1 is 0.390 bits per heavy atom. The number of urea groups is 1. The number of fused-ring (bicyclic) bond motifs is 4. The molecule has 4 aromatic heterocycles. The summed E-state index contributed by atoms with van der Waals surface area (Å²) in [5.74, 6) is -0.863. The number of pyridine rings is 3. The first-order valence-electron chi connectivity index (χ1n) is 45.3. The number of hydrogen-bond acceptors (Lipinski definition) is 16. The number of halogens is 7. The number of methoxy groups -OCH3 is 2. The lowest BCUT2D eigenvalue weighted by atomic mass is 9.98. The van der Waals surface area contributed by atoms with Crippen molar-refractivity contribution in [3.8, 4) is 78.6 Å². The molecule has 0 aliphatic carbocycles. The summed E-state index contributed by atoms with van der Waals surface area (Å²) in [6, 6.07) is 90.1. The van der Waals surface area contributed by atoms with Crippen LogP contribution in [0.2, 0.25) is 5.02 Å². The van der Waals surface area contributed by atoms with E-state index in [0.29, 0.717) is 68.4 Å². The van der Waals surface area contributed by atoms with Gasteiger partial charge in [0, 0.05) is 116 Å². The fraction of sp³-hybridized carbons (Fsp3) is 0.0862. The number of nitrogens with one attached hydrogen (secondary N) is 7. The van der Waals surface area contributed by atoms with Gasteiger partial charge in [0.1, 0.15) is 17.0 Å². The summed E-state index contributed by atoms with van der Waals surface area (Å²) in [6.07, 6.45) is 2.32. The lowest BCUT2D eigenvalue weighted by molar-refractivity contribution is -0.138. The van der Waals surface area contributed by atoms with Crippen LogP contribution in [0.1, 0.15) is 85.9 Å². The minimum absolute atomic E-state index is 0.00698. The van der Waals surface area contributed by atoms with Crippen LogP contribution in [0.5, 0.6) is 23.0 Å². The first-order chi connectivity index (χ1) is 70.1. The number of nitrogen functional groups attached to an aromatic ring is 1. The molecule has 0 unspecified atom stereocenters. The van der Waals surface area contributed by atoms with Crippen molar-refractivity contribution in [2.75, 3.05) is 51.9 Å². The molecular formula is C116H93ClF6N12O11. The lowest BCUT2D eigenvalue weighted by Gasteiger charge is -2.13. The van der Waals surface area contributed by atoms with Crippen LogP contribution in [-0.2, 0) is 23.7 Å². The van der Waals surface area contributed by atoms with E-state index in [0.717, 1.165) is 152 Å². The minimum atomic E-state index is -4.54. The predicted molar refractivity (Wildman–Crippen MR) is 562 cm³/mol. The number of phenolic OH excluding ortho intramolecular Hbond substituents is 2. The maximum absolute atomic E-state index is 12.9. The van der Waals surface area contributed by atoms with Gasteiger partial charge in [-0.3, -0.25) is 38.9 Å². The van der Waals surface area contributed by atoms with Crippen LogP contribution in [-0.4, -0.2) is 80.4 Å². The van der Waals surface area contributed by atoms with Gasteiger partial charge in [-0.05, 0) is 352 Å². The summed E-state index contributed by atoms with van der Waals surface area (Å²) in [6.45, 7) is 10.4. The second-order valence-corrected chi connectivity index (χ2v) is 34.1. The first-order valence-corrected chi connectivity index (χ1v) is 45.7. The molecule has 0 atom stereocenters. The van der Waals surface area contributed by atoms with Crippen molar-refractivity contribution in [3.05, 3.63) is 424 Å². The van der Waals surface area contributed by atoms with Crippen LogP contribution >= 0.6 is 11.6 Å². The molecule has 0 aliphatic rings. The summed E-state index contributed by atoms with van der Waals surface area (Å²) < 4.78 is 92.9. The fourth-order valence-corrected chi connectivity index (χ4v) is 15.9. The number of oxazole rings is 1. The van der Waals surface area contributed by atoms with Gasteiger partial charge in [0.05, 0.1) is 31.0 Å². The molecule has 0 spiro atoms.